The number of nitrogens with one attached hydrogen (secondary N) is 2. The van der Waals surface area contributed by atoms with Gasteiger partial charge in [0.1, 0.15) is 0 Å². The van der Waals surface area contributed by atoms with Gasteiger partial charge >= 0.3 is 6.09 Å². The summed E-state index contributed by atoms with van der Waals surface area (Å²) in [6.07, 6.45) is 12.5. The van der Waals surface area contributed by atoms with E-state index in [4.69, 9.17) is 4.84 Å². The first-order valence-electron chi connectivity index (χ1n) is 14.2. The van der Waals surface area contributed by atoms with E-state index in [1.165, 1.54) is 37.7 Å². The third-order valence-corrected chi connectivity index (χ3v) is 10.9. The number of ketones is 1. The predicted molar refractivity (Wildman–Crippen MR) is 138 cm³/mol. The Bertz CT molecular complexity index is 913. The molecule has 35 heavy (non-hydrogen) atoms. The van der Waals surface area contributed by atoms with Crippen LogP contribution in [0.2, 0.25) is 0 Å². The Labute approximate surface area is 211 Å². The Hall–Kier alpha value is -1.69. The monoisotopic (exact) mass is 483 g/mol. The molecule has 0 aromatic carbocycles. The molecule has 1 aliphatic heterocycles. The number of amides is 1. The zero-order chi connectivity index (χ0) is 24.8. The molecule has 0 spiro atoms. The SMILES string of the molecule is C/C(=N\OC(=O)NCCC1CC(C)CN1)[C@H]1CC[C@H]2[C@@H]3CCC4=CC(=O)CC[C@]4(C)[C@H]3CC[C@]12C. The van der Waals surface area contributed by atoms with E-state index in [0.29, 0.717) is 42.0 Å². The lowest BCUT2D eigenvalue weighted by Crippen LogP contribution is -2.51. The average Bonchev–Trinajstić information content (AvgIpc) is 3.40. The van der Waals surface area contributed by atoms with E-state index in [1.54, 1.807) is 0 Å². The molecule has 4 fully saturated rings. The van der Waals surface area contributed by atoms with E-state index >= 15 is 0 Å². The fraction of sp³-hybridized carbons (Fsp3) is 0.828. The largest absolute Gasteiger partial charge is 0.433 e. The van der Waals surface area contributed by atoms with Crippen molar-refractivity contribution in [2.75, 3.05) is 13.1 Å². The van der Waals surface area contributed by atoms with Crippen molar-refractivity contribution in [3.8, 4) is 0 Å². The number of rotatable bonds is 5. The molecule has 1 heterocycles. The lowest BCUT2D eigenvalue weighted by atomic mass is 9.46. The maximum atomic E-state index is 12.3. The highest BCUT2D eigenvalue weighted by Gasteiger charge is 2.59. The Kier molecular flexibility index (Phi) is 6.88. The van der Waals surface area contributed by atoms with Crippen LogP contribution in [0.15, 0.2) is 16.8 Å². The molecule has 8 atom stereocenters. The van der Waals surface area contributed by atoms with Crippen LogP contribution < -0.4 is 10.6 Å². The molecule has 6 nitrogen and oxygen atoms in total. The van der Waals surface area contributed by atoms with Crippen LogP contribution in [-0.4, -0.2) is 36.7 Å². The second-order valence-corrected chi connectivity index (χ2v) is 12.9. The summed E-state index contributed by atoms with van der Waals surface area (Å²) < 4.78 is 0. The van der Waals surface area contributed by atoms with Gasteiger partial charge in [0.15, 0.2) is 5.78 Å². The third-order valence-electron chi connectivity index (χ3n) is 10.9. The number of carbonyl (C=O) groups is 2. The van der Waals surface area contributed by atoms with Gasteiger partial charge in [0.25, 0.3) is 0 Å². The number of fused-ring (bicyclic) bond motifs is 5. The summed E-state index contributed by atoms with van der Waals surface area (Å²) >= 11 is 0. The number of hydrogen-bond acceptors (Lipinski definition) is 5. The molecular formula is C29H45N3O3. The molecule has 0 bridgehead atoms. The van der Waals surface area contributed by atoms with Crippen molar-refractivity contribution in [3.05, 3.63) is 11.6 Å². The minimum absolute atomic E-state index is 0.215. The highest BCUT2D eigenvalue weighted by atomic mass is 16.7. The number of carbonyl (C=O) groups excluding carboxylic acids is 2. The van der Waals surface area contributed by atoms with Crippen LogP contribution in [0, 0.1) is 40.4 Å². The fourth-order valence-corrected chi connectivity index (χ4v) is 9.04. The Balaban J connectivity index is 1.18. The van der Waals surface area contributed by atoms with E-state index < -0.39 is 6.09 Å². The summed E-state index contributed by atoms with van der Waals surface area (Å²) in [5, 5.41) is 10.7. The molecular weight excluding hydrogens is 438 g/mol. The molecule has 194 valence electrons. The molecule has 6 heteroatoms. The number of nitrogens with zero attached hydrogens (tertiary/aromatic N) is 1. The quantitative estimate of drug-likeness (QED) is 0.302. The smallest absolute Gasteiger partial charge is 0.320 e. The molecule has 2 N–H and O–H groups in total. The first kappa shape index (κ1) is 25.0. The summed E-state index contributed by atoms with van der Waals surface area (Å²) in [5.41, 5.74) is 2.85. The summed E-state index contributed by atoms with van der Waals surface area (Å²) in [4.78, 5) is 29.6. The second kappa shape index (κ2) is 9.64. The van der Waals surface area contributed by atoms with Gasteiger partial charge in [0.05, 0.1) is 5.71 Å². The maximum absolute atomic E-state index is 12.3. The van der Waals surface area contributed by atoms with E-state index in [0.717, 1.165) is 50.3 Å². The summed E-state index contributed by atoms with van der Waals surface area (Å²) in [6, 6.07) is 0.490. The molecule has 5 rings (SSSR count). The summed E-state index contributed by atoms with van der Waals surface area (Å²) in [7, 11) is 0. The maximum Gasteiger partial charge on any atom is 0.433 e. The van der Waals surface area contributed by atoms with Gasteiger partial charge in [-0.2, -0.15) is 0 Å². The van der Waals surface area contributed by atoms with Crippen LogP contribution in [0.4, 0.5) is 4.79 Å². The minimum atomic E-state index is -0.440. The molecule has 0 aromatic rings. The summed E-state index contributed by atoms with van der Waals surface area (Å²) in [6.45, 7) is 10.9. The van der Waals surface area contributed by atoms with E-state index in [9.17, 15) is 9.59 Å². The van der Waals surface area contributed by atoms with Crippen LogP contribution in [0.5, 0.6) is 0 Å². The van der Waals surface area contributed by atoms with Crippen LogP contribution in [-0.2, 0) is 9.63 Å². The molecule has 1 amide bonds. The lowest BCUT2D eigenvalue weighted by molar-refractivity contribution is -0.117. The zero-order valence-electron chi connectivity index (χ0n) is 22.2. The van der Waals surface area contributed by atoms with Crippen LogP contribution in [0.3, 0.4) is 0 Å². The zero-order valence-corrected chi connectivity index (χ0v) is 22.2. The van der Waals surface area contributed by atoms with Gasteiger partial charge < -0.3 is 10.6 Å². The minimum Gasteiger partial charge on any atom is -0.320 e. The van der Waals surface area contributed by atoms with Gasteiger partial charge in [-0.05, 0) is 112 Å². The van der Waals surface area contributed by atoms with E-state index in [-0.39, 0.29) is 10.8 Å². The number of oxime groups is 1. The van der Waals surface area contributed by atoms with Crippen molar-refractivity contribution in [2.24, 2.45) is 45.6 Å². The fourth-order valence-electron chi connectivity index (χ4n) is 9.04. The van der Waals surface area contributed by atoms with Crippen molar-refractivity contribution in [1.29, 1.82) is 0 Å². The lowest BCUT2D eigenvalue weighted by Gasteiger charge is -2.58. The van der Waals surface area contributed by atoms with E-state index in [2.05, 4.69) is 43.5 Å². The third kappa shape index (κ3) is 4.60. The predicted octanol–water partition coefficient (Wildman–Crippen LogP) is 5.62. The van der Waals surface area contributed by atoms with Gasteiger partial charge in [0, 0.05) is 24.9 Å². The second-order valence-electron chi connectivity index (χ2n) is 12.9. The van der Waals surface area contributed by atoms with Crippen molar-refractivity contribution >= 4 is 17.6 Å². The van der Waals surface area contributed by atoms with Crippen molar-refractivity contribution in [3.63, 3.8) is 0 Å². The van der Waals surface area contributed by atoms with Crippen molar-refractivity contribution in [1.82, 2.24) is 10.6 Å². The van der Waals surface area contributed by atoms with Gasteiger partial charge in [-0.1, -0.05) is 31.5 Å². The van der Waals surface area contributed by atoms with Gasteiger partial charge in [-0.25, -0.2) is 4.79 Å². The van der Waals surface area contributed by atoms with Gasteiger partial charge in [-0.15, -0.1) is 0 Å². The normalized spacial score (nSPS) is 43.1. The Morgan fingerprint density at radius 1 is 1.17 bits per heavy atom. The van der Waals surface area contributed by atoms with Crippen LogP contribution >= 0.6 is 0 Å². The van der Waals surface area contributed by atoms with Gasteiger partial charge in [-0.3, -0.25) is 9.63 Å². The topological polar surface area (TPSA) is 79.8 Å². The number of allylic oxidation sites excluding steroid dienone is 1. The van der Waals surface area contributed by atoms with Crippen molar-refractivity contribution in [2.45, 2.75) is 97.9 Å². The first-order valence-corrected chi connectivity index (χ1v) is 14.2. The summed E-state index contributed by atoms with van der Waals surface area (Å²) in [5.74, 6) is 3.55. The standard InChI is InChI=1S/C29H45N3O3/c1-18-15-21(31-17-18)11-14-30-27(34)35-32-19(2)24-7-8-25-23-6-5-20-16-22(33)9-12-28(20,3)26(23)10-13-29(24,25)4/h16,18,21,23-26,31H,5-15,17H2,1-4H3,(H,30,34)/b32-19+/t18?,21?,23-,24+,25-,26-,28-,29+/m0/s1. The van der Waals surface area contributed by atoms with Crippen LogP contribution in [0.25, 0.3) is 0 Å². The number of hydrogen-bond donors (Lipinski definition) is 2. The molecule has 3 saturated carbocycles. The highest BCUT2D eigenvalue weighted by Crippen LogP contribution is 2.66. The highest BCUT2D eigenvalue weighted by molar-refractivity contribution is 5.91. The van der Waals surface area contributed by atoms with Crippen LogP contribution in [0.1, 0.15) is 91.9 Å². The molecule has 2 unspecified atom stereocenters. The first-order chi connectivity index (χ1) is 16.7. The van der Waals surface area contributed by atoms with Gasteiger partial charge in [0.2, 0.25) is 0 Å². The molecule has 1 saturated heterocycles. The molecule has 0 radical (unpaired) electrons. The Morgan fingerprint density at radius 2 is 2.00 bits per heavy atom. The van der Waals surface area contributed by atoms with E-state index in [1.807, 2.05) is 6.08 Å². The Morgan fingerprint density at radius 3 is 2.77 bits per heavy atom. The molecule has 4 aliphatic carbocycles. The molecule has 0 aromatic heterocycles. The average molecular weight is 484 g/mol. The van der Waals surface area contributed by atoms with Crippen molar-refractivity contribution < 1.29 is 14.4 Å². The molecule has 5 aliphatic rings.